The molecule has 5 heteroatoms. The van der Waals surface area contributed by atoms with E-state index in [1.807, 2.05) is 23.9 Å². The molecule has 17 heavy (non-hydrogen) atoms. The molecule has 1 aromatic rings. The van der Waals surface area contributed by atoms with Crippen LogP contribution >= 0.6 is 24.0 Å². The molecule has 1 aromatic heterocycles. The monoisotopic (exact) mass is 267 g/mol. The second kappa shape index (κ2) is 6.21. The molecule has 0 aromatic carbocycles. The molecule has 0 aliphatic carbocycles. The predicted octanol–water partition coefficient (Wildman–Crippen LogP) is 2.27. The molecule has 0 unspecified atom stereocenters. The Balaban J connectivity index is 1.96. The molecule has 0 saturated carbocycles. The fourth-order valence-corrected chi connectivity index (χ4v) is 3.31. The van der Waals surface area contributed by atoms with Crippen molar-refractivity contribution >= 4 is 34.8 Å². The lowest BCUT2D eigenvalue weighted by Gasteiger charge is -2.22. The number of nitrogens with two attached hydrogens (primary N) is 1. The lowest BCUT2D eigenvalue weighted by atomic mass is 10.0. The van der Waals surface area contributed by atoms with Gasteiger partial charge in [-0.3, -0.25) is 0 Å². The number of nitrogens with one attached hydrogen (secondary N) is 1. The number of anilines is 1. The molecular weight excluding hydrogens is 250 g/mol. The maximum atomic E-state index is 5.67. The number of thioether (sulfide) groups is 1. The van der Waals surface area contributed by atoms with Gasteiger partial charge in [0.2, 0.25) is 0 Å². The van der Waals surface area contributed by atoms with Crippen molar-refractivity contribution in [3.05, 3.63) is 23.9 Å². The smallest absolute Gasteiger partial charge is 0.136 e. The van der Waals surface area contributed by atoms with Gasteiger partial charge in [0.25, 0.3) is 0 Å². The zero-order chi connectivity index (χ0) is 12.1. The summed E-state index contributed by atoms with van der Waals surface area (Å²) in [6, 6.07) is 3.77. The van der Waals surface area contributed by atoms with Gasteiger partial charge in [0.1, 0.15) is 10.8 Å². The zero-order valence-corrected chi connectivity index (χ0v) is 11.3. The van der Waals surface area contributed by atoms with Crippen molar-refractivity contribution in [1.29, 1.82) is 0 Å². The Morgan fingerprint density at radius 2 is 2.29 bits per heavy atom. The first-order chi connectivity index (χ1) is 8.27. The number of thiocarbonyl (C=S) groups is 1. The number of rotatable bonds is 4. The van der Waals surface area contributed by atoms with Gasteiger partial charge in [0.15, 0.2) is 0 Å². The fourth-order valence-electron chi connectivity index (χ4n) is 1.94. The second-order valence-corrected chi connectivity index (χ2v) is 5.87. The molecule has 2 rings (SSSR count). The van der Waals surface area contributed by atoms with Crippen molar-refractivity contribution in [3.63, 3.8) is 0 Å². The third kappa shape index (κ3) is 3.57. The summed E-state index contributed by atoms with van der Waals surface area (Å²) in [5, 5.41) is 3.38. The molecule has 3 nitrogen and oxygen atoms in total. The summed E-state index contributed by atoms with van der Waals surface area (Å²) < 4.78 is 0. The first-order valence-electron chi connectivity index (χ1n) is 5.84. The average Bonchev–Trinajstić information content (AvgIpc) is 2.38. The third-order valence-electron chi connectivity index (χ3n) is 2.97. The van der Waals surface area contributed by atoms with E-state index in [2.05, 4.69) is 10.3 Å². The molecule has 1 saturated heterocycles. The van der Waals surface area contributed by atoms with Crippen LogP contribution < -0.4 is 11.1 Å². The van der Waals surface area contributed by atoms with Crippen molar-refractivity contribution in [2.24, 2.45) is 11.7 Å². The number of aromatic nitrogens is 1. The maximum absolute atomic E-state index is 5.67. The van der Waals surface area contributed by atoms with E-state index in [1.54, 1.807) is 6.20 Å². The molecule has 1 aliphatic heterocycles. The highest BCUT2D eigenvalue weighted by Gasteiger charge is 2.14. The van der Waals surface area contributed by atoms with Crippen LogP contribution in [0.5, 0.6) is 0 Å². The highest BCUT2D eigenvalue weighted by atomic mass is 32.2. The quantitative estimate of drug-likeness (QED) is 0.820. The Bertz CT molecular complexity index is 389. The fraction of sp³-hybridized carbons (Fsp3) is 0.500. The number of hydrogen-bond acceptors (Lipinski definition) is 4. The van der Waals surface area contributed by atoms with Crippen molar-refractivity contribution in [1.82, 2.24) is 4.98 Å². The van der Waals surface area contributed by atoms with Gasteiger partial charge in [-0.1, -0.05) is 12.2 Å². The number of nitrogens with zero attached hydrogens (tertiary/aromatic N) is 1. The molecule has 0 radical (unpaired) electrons. The average molecular weight is 267 g/mol. The van der Waals surface area contributed by atoms with Gasteiger partial charge in [-0.05, 0) is 42.4 Å². The lowest BCUT2D eigenvalue weighted by Crippen LogP contribution is -2.21. The van der Waals surface area contributed by atoms with Crippen LogP contribution in [0.15, 0.2) is 18.3 Å². The van der Waals surface area contributed by atoms with E-state index in [1.165, 1.54) is 24.3 Å². The van der Waals surface area contributed by atoms with Crippen LogP contribution in [-0.2, 0) is 0 Å². The summed E-state index contributed by atoms with van der Waals surface area (Å²) in [5.74, 6) is 4.11. The molecule has 0 spiro atoms. The molecule has 3 N–H and O–H groups in total. The van der Waals surface area contributed by atoms with E-state index < -0.39 is 0 Å². The van der Waals surface area contributed by atoms with E-state index in [0.29, 0.717) is 4.99 Å². The maximum Gasteiger partial charge on any atom is 0.136 e. The molecule has 1 aliphatic rings. The minimum absolute atomic E-state index is 0.403. The standard InChI is InChI=1S/C12H17N3S2/c13-11(16)10-2-1-5-14-12(10)15-8-9-3-6-17-7-4-9/h1-2,5,9H,3-4,6-8H2,(H2,13,16)(H,14,15). The molecule has 0 atom stereocenters. The van der Waals surface area contributed by atoms with Gasteiger partial charge in [-0.25, -0.2) is 4.98 Å². The summed E-state index contributed by atoms with van der Waals surface area (Å²) >= 11 is 7.06. The topological polar surface area (TPSA) is 50.9 Å². The van der Waals surface area contributed by atoms with Gasteiger partial charge in [-0.15, -0.1) is 0 Å². The Kier molecular flexibility index (Phi) is 4.62. The Labute approximate surface area is 112 Å². The second-order valence-electron chi connectivity index (χ2n) is 4.20. The third-order valence-corrected chi connectivity index (χ3v) is 4.24. The minimum atomic E-state index is 0.403. The summed E-state index contributed by atoms with van der Waals surface area (Å²) in [5.41, 5.74) is 6.51. The van der Waals surface area contributed by atoms with E-state index >= 15 is 0 Å². The van der Waals surface area contributed by atoms with Crippen LogP contribution in [0, 0.1) is 5.92 Å². The molecule has 1 fully saturated rings. The summed E-state index contributed by atoms with van der Waals surface area (Å²) in [6.07, 6.45) is 4.33. The molecule has 0 bridgehead atoms. The van der Waals surface area contributed by atoms with E-state index in [0.717, 1.165) is 23.8 Å². The van der Waals surface area contributed by atoms with Gasteiger partial charge in [-0.2, -0.15) is 11.8 Å². The van der Waals surface area contributed by atoms with E-state index in [-0.39, 0.29) is 0 Å². The Morgan fingerprint density at radius 1 is 1.53 bits per heavy atom. The molecule has 2 heterocycles. The highest BCUT2D eigenvalue weighted by Crippen LogP contribution is 2.23. The molecular formula is C12H17N3S2. The van der Waals surface area contributed by atoms with Crippen molar-refractivity contribution in [3.8, 4) is 0 Å². The van der Waals surface area contributed by atoms with Crippen molar-refractivity contribution in [2.45, 2.75) is 12.8 Å². The van der Waals surface area contributed by atoms with Crippen LogP contribution in [0.4, 0.5) is 5.82 Å². The number of pyridine rings is 1. The summed E-state index contributed by atoms with van der Waals surface area (Å²) in [4.78, 5) is 4.70. The van der Waals surface area contributed by atoms with E-state index in [4.69, 9.17) is 18.0 Å². The SMILES string of the molecule is NC(=S)c1cccnc1NCC1CCSCC1. The van der Waals surface area contributed by atoms with Crippen LogP contribution in [0.25, 0.3) is 0 Å². The van der Waals surface area contributed by atoms with Gasteiger partial charge in [0.05, 0.1) is 5.56 Å². The van der Waals surface area contributed by atoms with Gasteiger partial charge < -0.3 is 11.1 Å². The summed E-state index contributed by atoms with van der Waals surface area (Å²) in [6.45, 7) is 0.965. The zero-order valence-electron chi connectivity index (χ0n) is 9.69. The van der Waals surface area contributed by atoms with Gasteiger partial charge >= 0.3 is 0 Å². The number of hydrogen-bond donors (Lipinski definition) is 2. The summed E-state index contributed by atoms with van der Waals surface area (Å²) in [7, 11) is 0. The van der Waals surface area contributed by atoms with Crippen LogP contribution in [0.2, 0.25) is 0 Å². The van der Waals surface area contributed by atoms with E-state index in [9.17, 15) is 0 Å². The molecule has 0 amide bonds. The van der Waals surface area contributed by atoms with Crippen LogP contribution in [0.1, 0.15) is 18.4 Å². The van der Waals surface area contributed by atoms with Gasteiger partial charge in [0, 0.05) is 12.7 Å². The minimum Gasteiger partial charge on any atom is -0.389 e. The van der Waals surface area contributed by atoms with Crippen molar-refractivity contribution in [2.75, 3.05) is 23.4 Å². The molecule has 92 valence electrons. The Morgan fingerprint density at radius 3 is 3.00 bits per heavy atom. The highest BCUT2D eigenvalue weighted by molar-refractivity contribution is 7.99. The Hall–Kier alpha value is -0.810. The first-order valence-corrected chi connectivity index (χ1v) is 7.40. The van der Waals surface area contributed by atoms with Crippen LogP contribution in [0.3, 0.4) is 0 Å². The normalized spacial score (nSPS) is 16.7. The predicted molar refractivity (Wildman–Crippen MR) is 78.7 cm³/mol. The first kappa shape index (κ1) is 12.6. The largest absolute Gasteiger partial charge is 0.389 e. The van der Waals surface area contributed by atoms with Crippen LogP contribution in [-0.4, -0.2) is 28.0 Å². The van der Waals surface area contributed by atoms with Crippen molar-refractivity contribution < 1.29 is 0 Å². The lowest BCUT2D eigenvalue weighted by molar-refractivity contribution is 0.515.